The van der Waals surface area contributed by atoms with Gasteiger partial charge in [0, 0.05) is 16.8 Å². The van der Waals surface area contributed by atoms with Crippen LogP contribution in [0.2, 0.25) is 5.02 Å². The average Bonchev–Trinajstić information content (AvgIpc) is 2.73. The Kier molecular flexibility index (Phi) is 3.19. The van der Waals surface area contributed by atoms with Crippen LogP contribution in [0.3, 0.4) is 0 Å². The van der Waals surface area contributed by atoms with Crippen LogP contribution in [0.5, 0.6) is 0 Å². The predicted molar refractivity (Wildman–Crippen MR) is 80.6 cm³/mol. The molecule has 2 aromatic heterocycles. The zero-order valence-corrected chi connectivity index (χ0v) is 11.8. The summed E-state index contributed by atoms with van der Waals surface area (Å²) in [5.74, 6) is 0.218. The summed E-state index contributed by atoms with van der Waals surface area (Å²) in [5, 5.41) is 11.4. The molecule has 0 saturated carbocycles. The summed E-state index contributed by atoms with van der Waals surface area (Å²) >= 11 is 5.88. The maximum Gasteiger partial charge on any atom is 0.273 e. The van der Waals surface area contributed by atoms with Crippen molar-refractivity contribution in [1.29, 1.82) is 0 Å². The number of aryl methyl sites for hydroxylation is 1. The number of fused-ring (bicyclic) bond motifs is 1. The highest BCUT2D eigenvalue weighted by molar-refractivity contribution is 6.30. The number of azo groups is 1. The zero-order valence-electron chi connectivity index (χ0n) is 11.0. The number of halogens is 1. The first-order valence-corrected chi connectivity index (χ1v) is 6.47. The van der Waals surface area contributed by atoms with E-state index in [-0.39, 0.29) is 11.4 Å². The number of hydrogen-bond donors (Lipinski definition) is 2. The van der Waals surface area contributed by atoms with E-state index >= 15 is 0 Å². The Hall–Kier alpha value is -2.67. The van der Waals surface area contributed by atoms with Crippen LogP contribution in [0.15, 0.2) is 45.4 Å². The minimum Gasteiger partial charge on any atom is -0.382 e. The van der Waals surface area contributed by atoms with E-state index in [1.165, 1.54) is 10.6 Å². The molecule has 0 amide bonds. The fourth-order valence-electron chi connectivity index (χ4n) is 1.90. The molecule has 8 heteroatoms. The molecule has 0 radical (unpaired) electrons. The Morgan fingerprint density at radius 1 is 1.33 bits per heavy atom. The van der Waals surface area contributed by atoms with Crippen LogP contribution in [0.25, 0.3) is 5.65 Å². The van der Waals surface area contributed by atoms with Crippen LogP contribution < -0.4 is 11.3 Å². The molecule has 0 saturated heterocycles. The van der Waals surface area contributed by atoms with E-state index in [9.17, 15) is 4.79 Å². The standard InChI is InChI=1S/C13H11ClN6O/c1-7-5-10(21)20-13(16-7)11(12(15)19-20)18-17-9-4-2-3-8(14)6-9/h2-6,19H,15H2,1H3. The quantitative estimate of drug-likeness (QED) is 0.711. The van der Waals surface area contributed by atoms with E-state index in [0.717, 1.165) is 0 Å². The van der Waals surface area contributed by atoms with Crippen LogP contribution >= 0.6 is 11.6 Å². The van der Waals surface area contributed by atoms with Gasteiger partial charge in [-0.3, -0.25) is 9.89 Å². The van der Waals surface area contributed by atoms with Gasteiger partial charge in [0.2, 0.25) is 0 Å². The van der Waals surface area contributed by atoms with Crippen molar-refractivity contribution in [3.8, 4) is 0 Å². The molecule has 0 aliphatic rings. The topological polar surface area (TPSA) is 101 Å². The Morgan fingerprint density at radius 3 is 2.90 bits per heavy atom. The molecule has 7 nitrogen and oxygen atoms in total. The van der Waals surface area contributed by atoms with E-state index in [1.54, 1.807) is 31.2 Å². The van der Waals surface area contributed by atoms with Crippen LogP contribution in [0, 0.1) is 6.92 Å². The SMILES string of the molecule is Cc1cc(=O)n2[nH]c(N)c(N=Nc3cccc(Cl)c3)c2n1. The number of benzene rings is 1. The van der Waals surface area contributed by atoms with Crippen LogP contribution in [0.4, 0.5) is 17.2 Å². The summed E-state index contributed by atoms with van der Waals surface area (Å²) in [6.07, 6.45) is 0. The van der Waals surface area contributed by atoms with Gasteiger partial charge in [0.05, 0.1) is 5.69 Å². The van der Waals surface area contributed by atoms with Crippen molar-refractivity contribution in [3.63, 3.8) is 0 Å². The van der Waals surface area contributed by atoms with Gasteiger partial charge in [-0.1, -0.05) is 17.7 Å². The van der Waals surface area contributed by atoms with Crippen LogP contribution in [0.1, 0.15) is 5.69 Å². The van der Waals surface area contributed by atoms with Gasteiger partial charge in [-0.25, -0.2) is 4.98 Å². The van der Waals surface area contributed by atoms with E-state index in [4.69, 9.17) is 17.3 Å². The molecule has 3 rings (SSSR count). The number of nitrogens with zero attached hydrogens (tertiary/aromatic N) is 4. The molecule has 0 unspecified atom stereocenters. The summed E-state index contributed by atoms with van der Waals surface area (Å²) in [4.78, 5) is 16.1. The van der Waals surface area contributed by atoms with E-state index in [2.05, 4.69) is 20.3 Å². The van der Waals surface area contributed by atoms with Gasteiger partial charge in [-0.15, -0.1) is 5.11 Å². The van der Waals surface area contributed by atoms with Crippen LogP contribution in [-0.2, 0) is 0 Å². The highest BCUT2D eigenvalue weighted by Crippen LogP contribution is 2.28. The fourth-order valence-corrected chi connectivity index (χ4v) is 2.09. The van der Waals surface area contributed by atoms with Gasteiger partial charge in [-0.05, 0) is 25.1 Å². The van der Waals surface area contributed by atoms with Gasteiger partial charge in [0.1, 0.15) is 5.82 Å². The molecule has 0 spiro atoms. The average molecular weight is 303 g/mol. The van der Waals surface area contributed by atoms with Gasteiger partial charge >= 0.3 is 0 Å². The molecule has 3 N–H and O–H groups in total. The Labute approximate surface area is 124 Å². The summed E-state index contributed by atoms with van der Waals surface area (Å²) in [6, 6.07) is 8.33. The molecule has 0 fully saturated rings. The smallest absolute Gasteiger partial charge is 0.273 e. The monoisotopic (exact) mass is 302 g/mol. The number of nitrogens with one attached hydrogen (secondary N) is 1. The van der Waals surface area contributed by atoms with Gasteiger partial charge < -0.3 is 5.73 Å². The molecule has 1 aromatic carbocycles. The molecular formula is C13H11ClN6O. The molecule has 0 aliphatic carbocycles. The molecule has 21 heavy (non-hydrogen) atoms. The minimum atomic E-state index is -0.256. The second kappa shape index (κ2) is 5.02. The molecule has 106 valence electrons. The number of rotatable bonds is 2. The lowest BCUT2D eigenvalue weighted by atomic mass is 10.3. The number of nitrogen functional groups attached to an aromatic ring is 1. The van der Waals surface area contributed by atoms with E-state index in [0.29, 0.717) is 27.7 Å². The molecular weight excluding hydrogens is 292 g/mol. The van der Waals surface area contributed by atoms with Crippen molar-refractivity contribution >= 4 is 34.4 Å². The van der Waals surface area contributed by atoms with E-state index < -0.39 is 0 Å². The van der Waals surface area contributed by atoms with Crippen molar-refractivity contribution in [2.45, 2.75) is 6.92 Å². The minimum absolute atomic E-state index is 0.218. The number of H-pyrrole nitrogens is 1. The van der Waals surface area contributed by atoms with Gasteiger partial charge in [0.15, 0.2) is 11.3 Å². The number of nitrogens with two attached hydrogens (primary N) is 1. The van der Waals surface area contributed by atoms with Gasteiger partial charge in [0.25, 0.3) is 5.56 Å². The predicted octanol–water partition coefficient (Wildman–Crippen LogP) is 2.98. The largest absolute Gasteiger partial charge is 0.382 e. The number of aromatic amines is 1. The summed E-state index contributed by atoms with van der Waals surface area (Å²) in [7, 11) is 0. The second-order valence-electron chi connectivity index (χ2n) is 4.45. The fraction of sp³-hybridized carbons (Fsp3) is 0.0769. The second-order valence-corrected chi connectivity index (χ2v) is 4.89. The van der Waals surface area contributed by atoms with Crippen molar-refractivity contribution in [2.75, 3.05) is 5.73 Å². The summed E-state index contributed by atoms with van der Waals surface area (Å²) < 4.78 is 1.23. The Balaban J connectivity index is 2.12. The lowest BCUT2D eigenvalue weighted by Gasteiger charge is -1.95. The maximum absolute atomic E-state index is 11.8. The molecule has 3 aromatic rings. The van der Waals surface area contributed by atoms with E-state index in [1.807, 2.05) is 0 Å². The molecule has 0 atom stereocenters. The van der Waals surface area contributed by atoms with Crippen LogP contribution in [-0.4, -0.2) is 14.6 Å². The Bertz CT molecular complexity index is 911. The third-order valence-corrected chi connectivity index (χ3v) is 3.05. The first-order chi connectivity index (χ1) is 10.0. The molecule has 0 aliphatic heterocycles. The lowest BCUT2D eigenvalue weighted by molar-refractivity contribution is 0.894. The van der Waals surface area contributed by atoms with Crippen molar-refractivity contribution in [2.24, 2.45) is 10.2 Å². The highest BCUT2D eigenvalue weighted by Gasteiger charge is 2.12. The molecule has 0 bridgehead atoms. The number of aromatic nitrogens is 3. The third-order valence-electron chi connectivity index (χ3n) is 2.82. The van der Waals surface area contributed by atoms with Gasteiger partial charge in [-0.2, -0.15) is 9.63 Å². The highest BCUT2D eigenvalue weighted by atomic mass is 35.5. The van der Waals surface area contributed by atoms with Crippen molar-refractivity contribution in [3.05, 3.63) is 51.4 Å². The summed E-state index contributed by atoms with van der Waals surface area (Å²) in [6.45, 7) is 1.72. The normalized spacial score (nSPS) is 11.5. The number of hydrogen-bond acceptors (Lipinski definition) is 5. The first-order valence-electron chi connectivity index (χ1n) is 6.10. The molecule has 2 heterocycles. The number of anilines is 1. The van der Waals surface area contributed by atoms with Crippen molar-refractivity contribution in [1.82, 2.24) is 14.6 Å². The third kappa shape index (κ3) is 2.50. The summed E-state index contributed by atoms with van der Waals surface area (Å²) in [5.41, 5.74) is 7.39. The Morgan fingerprint density at radius 2 is 2.14 bits per heavy atom. The first kappa shape index (κ1) is 13.3. The maximum atomic E-state index is 11.8. The zero-order chi connectivity index (χ0) is 15.0. The van der Waals surface area contributed by atoms with Crippen molar-refractivity contribution < 1.29 is 0 Å². The lowest BCUT2D eigenvalue weighted by Crippen LogP contribution is -2.14.